The number of ether oxygens (including phenoxy) is 2. The molecule has 7 nitrogen and oxygen atoms in total. The second-order valence-corrected chi connectivity index (χ2v) is 9.70. The van der Waals surface area contributed by atoms with Gasteiger partial charge in [-0.2, -0.15) is 4.31 Å². The standard InChI is InChI=1S/C21H30N2O5S/c1-6-18-14-23(29(25,26)7-2)19(13-22(18)20(24)28-21(3,4)5)16-27-15-17-11-9-8-10-12-17/h6-12,18-19H,1-2,13-16H2,3-5H3/t18-,19-/m1/s1. The Hall–Kier alpha value is -2.16. The zero-order valence-electron chi connectivity index (χ0n) is 17.3. The highest BCUT2D eigenvalue weighted by atomic mass is 32.2. The summed E-state index contributed by atoms with van der Waals surface area (Å²) in [5.41, 5.74) is 0.321. The Balaban J connectivity index is 2.18. The summed E-state index contributed by atoms with van der Waals surface area (Å²) in [6.45, 7) is 13.2. The van der Waals surface area contributed by atoms with E-state index in [2.05, 4.69) is 13.2 Å². The van der Waals surface area contributed by atoms with Crippen molar-refractivity contribution in [3.05, 3.63) is 60.5 Å². The summed E-state index contributed by atoms with van der Waals surface area (Å²) in [5, 5.41) is 0.917. The molecular weight excluding hydrogens is 392 g/mol. The lowest BCUT2D eigenvalue weighted by molar-refractivity contribution is -0.00930. The third-order valence-corrected chi connectivity index (χ3v) is 5.96. The number of benzene rings is 1. The van der Waals surface area contributed by atoms with Crippen molar-refractivity contribution in [3.8, 4) is 0 Å². The summed E-state index contributed by atoms with van der Waals surface area (Å²) < 4.78 is 37.7. The fraction of sp³-hybridized carbons (Fsp3) is 0.476. The minimum Gasteiger partial charge on any atom is -0.444 e. The van der Waals surface area contributed by atoms with Crippen LogP contribution in [0.5, 0.6) is 0 Å². The molecule has 1 aliphatic rings. The number of nitrogens with zero attached hydrogens (tertiary/aromatic N) is 2. The summed E-state index contributed by atoms with van der Waals surface area (Å²) in [6, 6.07) is 8.52. The molecule has 0 N–H and O–H groups in total. The van der Waals surface area contributed by atoms with Crippen LogP contribution >= 0.6 is 0 Å². The number of rotatable bonds is 7. The van der Waals surface area contributed by atoms with Crippen LogP contribution in [0.2, 0.25) is 0 Å². The third-order valence-electron chi connectivity index (χ3n) is 4.44. The molecule has 0 saturated carbocycles. The first-order valence-corrected chi connectivity index (χ1v) is 11.0. The Labute approximate surface area is 173 Å². The van der Waals surface area contributed by atoms with Crippen molar-refractivity contribution in [1.29, 1.82) is 0 Å². The zero-order valence-corrected chi connectivity index (χ0v) is 18.1. The molecule has 29 heavy (non-hydrogen) atoms. The molecule has 8 heteroatoms. The van der Waals surface area contributed by atoms with Gasteiger partial charge in [-0.1, -0.05) is 43.0 Å². The molecule has 1 fully saturated rings. The summed E-state index contributed by atoms with van der Waals surface area (Å²) in [5.74, 6) is 0. The smallest absolute Gasteiger partial charge is 0.410 e. The number of carbonyl (C=O) groups excluding carboxylic acids is 1. The van der Waals surface area contributed by atoms with Gasteiger partial charge in [0.2, 0.25) is 10.0 Å². The molecule has 0 radical (unpaired) electrons. The molecule has 2 rings (SSSR count). The van der Waals surface area contributed by atoms with Crippen molar-refractivity contribution in [3.63, 3.8) is 0 Å². The Bertz CT molecular complexity index is 817. The SMILES string of the molecule is C=C[C@@H]1CN(S(=O)(=O)C=C)[C@@H](COCc2ccccc2)CN1C(=O)OC(C)(C)C. The first-order chi connectivity index (χ1) is 13.6. The van der Waals surface area contributed by atoms with Crippen molar-refractivity contribution in [2.24, 2.45) is 0 Å². The maximum atomic E-state index is 12.7. The van der Waals surface area contributed by atoms with E-state index in [1.54, 1.807) is 26.8 Å². The maximum Gasteiger partial charge on any atom is 0.410 e. The number of amides is 1. The van der Waals surface area contributed by atoms with E-state index < -0.39 is 33.8 Å². The highest BCUT2D eigenvalue weighted by Gasteiger charge is 2.41. The number of sulfonamides is 1. The zero-order chi connectivity index (χ0) is 21.7. The lowest BCUT2D eigenvalue weighted by Gasteiger charge is -2.44. The summed E-state index contributed by atoms with van der Waals surface area (Å²) >= 11 is 0. The monoisotopic (exact) mass is 422 g/mol. The number of hydrogen-bond donors (Lipinski definition) is 0. The lowest BCUT2D eigenvalue weighted by atomic mass is 10.1. The number of piperazine rings is 1. The van der Waals surface area contributed by atoms with Crippen molar-refractivity contribution < 1.29 is 22.7 Å². The Morgan fingerprint density at radius 3 is 2.41 bits per heavy atom. The van der Waals surface area contributed by atoms with E-state index in [0.29, 0.717) is 6.61 Å². The molecule has 1 heterocycles. The largest absolute Gasteiger partial charge is 0.444 e. The molecule has 1 amide bonds. The molecule has 1 aromatic carbocycles. The first kappa shape index (κ1) is 23.1. The summed E-state index contributed by atoms with van der Waals surface area (Å²) in [7, 11) is -3.70. The molecule has 0 spiro atoms. The lowest BCUT2D eigenvalue weighted by Crippen LogP contribution is -2.62. The predicted octanol–water partition coefficient (Wildman–Crippen LogP) is 3.15. The van der Waals surface area contributed by atoms with E-state index in [1.807, 2.05) is 30.3 Å². The van der Waals surface area contributed by atoms with Crippen molar-refractivity contribution >= 4 is 16.1 Å². The van der Waals surface area contributed by atoms with E-state index in [-0.39, 0.29) is 19.7 Å². The van der Waals surface area contributed by atoms with Gasteiger partial charge >= 0.3 is 6.09 Å². The molecule has 0 aliphatic carbocycles. The van der Waals surface area contributed by atoms with Gasteiger partial charge in [0.1, 0.15) is 5.60 Å². The van der Waals surface area contributed by atoms with Gasteiger partial charge < -0.3 is 9.47 Å². The average Bonchev–Trinajstić information content (AvgIpc) is 2.67. The maximum absolute atomic E-state index is 12.7. The first-order valence-electron chi connectivity index (χ1n) is 9.45. The molecular formula is C21H30N2O5S. The molecule has 0 aromatic heterocycles. The predicted molar refractivity (Wildman–Crippen MR) is 113 cm³/mol. The van der Waals surface area contributed by atoms with Crippen molar-refractivity contribution in [1.82, 2.24) is 9.21 Å². The van der Waals surface area contributed by atoms with Gasteiger partial charge in [-0.05, 0) is 26.3 Å². The van der Waals surface area contributed by atoms with E-state index >= 15 is 0 Å². The van der Waals surface area contributed by atoms with Gasteiger partial charge in [-0.3, -0.25) is 4.90 Å². The van der Waals surface area contributed by atoms with E-state index in [1.165, 1.54) is 9.21 Å². The number of carbonyl (C=O) groups is 1. The minimum absolute atomic E-state index is 0.0659. The normalized spacial score (nSPS) is 20.9. The Morgan fingerprint density at radius 2 is 1.86 bits per heavy atom. The molecule has 2 atom stereocenters. The van der Waals surface area contributed by atoms with Gasteiger partial charge in [-0.25, -0.2) is 13.2 Å². The van der Waals surface area contributed by atoms with Gasteiger partial charge in [0.15, 0.2) is 0 Å². The topological polar surface area (TPSA) is 76.2 Å². The van der Waals surface area contributed by atoms with Crippen LogP contribution in [-0.4, -0.2) is 61.1 Å². The number of hydrogen-bond acceptors (Lipinski definition) is 5. The van der Waals surface area contributed by atoms with Crippen LogP contribution in [-0.2, 0) is 26.1 Å². The van der Waals surface area contributed by atoms with Crippen LogP contribution in [0.15, 0.2) is 55.0 Å². The van der Waals surface area contributed by atoms with Crippen LogP contribution < -0.4 is 0 Å². The van der Waals surface area contributed by atoms with E-state index in [0.717, 1.165) is 11.0 Å². The molecule has 1 aliphatic heterocycles. The van der Waals surface area contributed by atoms with Gasteiger partial charge in [-0.15, -0.1) is 6.58 Å². The molecule has 160 valence electrons. The Morgan fingerprint density at radius 1 is 1.21 bits per heavy atom. The fourth-order valence-corrected chi connectivity index (χ4v) is 4.14. The van der Waals surface area contributed by atoms with Crippen LogP contribution in [0.4, 0.5) is 4.79 Å². The fourth-order valence-electron chi connectivity index (χ4n) is 3.05. The van der Waals surface area contributed by atoms with Crippen LogP contribution in [0.25, 0.3) is 0 Å². The minimum atomic E-state index is -3.70. The van der Waals surface area contributed by atoms with Gasteiger partial charge in [0.05, 0.1) is 25.3 Å². The third kappa shape index (κ3) is 6.42. The highest BCUT2D eigenvalue weighted by Crippen LogP contribution is 2.23. The molecule has 1 saturated heterocycles. The van der Waals surface area contributed by atoms with E-state index in [4.69, 9.17) is 9.47 Å². The quantitative estimate of drug-likeness (QED) is 0.631. The highest BCUT2D eigenvalue weighted by molar-refractivity contribution is 7.92. The van der Waals surface area contributed by atoms with E-state index in [9.17, 15) is 13.2 Å². The van der Waals surface area contributed by atoms with Crippen LogP contribution in [0, 0.1) is 0 Å². The van der Waals surface area contributed by atoms with Gasteiger partial charge in [0, 0.05) is 18.5 Å². The van der Waals surface area contributed by atoms with Crippen LogP contribution in [0.3, 0.4) is 0 Å². The van der Waals surface area contributed by atoms with Gasteiger partial charge in [0.25, 0.3) is 0 Å². The molecule has 0 unspecified atom stereocenters. The molecule has 0 bridgehead atoms. The second-order valence-electron chi connectivity index (χ2n) is 7.87. The second kappa shape index (κ2) is 9.56. The summed E-state index contributed by atoms with van der Waals surface area (Å²) in [6.07, 6.45) is 1.04. The molecule has 1 aromatic rings. The summed E-state index contributed by atoms with van der Waals surface area (Å²) in [4.78, 5) is 14.2. The Kier molecular flexibility index (Phi) is 7.62. The van der Waals surface area contributed by atoms with Crippen molar-refractivity contribution in [2.45, 2.75) is 45.1 Å². The van der Waals surface area contributed by atoms with Crippen LogP contribution in [0.1, 0.15) is 26.3 Å². The average molecular weight is 423 g/mol. The van der Waals surface area contributed by atoms with Crippen molar-refractivity contribution in [2.75, 3.05) is 19.7 Å².